The molecule has 0 radical (unpaired) electrons. The van der Waals surface area contributed by atoms with Crippen LogP contribution < -0.4 is 5.32 Å². The first-order valence-electron chi connectivity index (χ1n) is 9.70. The fourth-order valence-corrected chi connectivity index (χ4v) is 4.08. The Kier molecular flexibility index (Phi) is 5.77. The lowest BCUT2D eigenvalue weighted by molar-refractivity contribution is -0.133. The number of nitrogens with zero attached hydrogens (tertiary/aromatic N) is 1. The second-order valence-electron chi connectivity index (χ2n) is 7.91. The molecule has 0 spiro atoms. The average molecular weight is 342 g/mol. The van der Waals surface area contributed by atoms with Gasteiger partial charge in [-0.2, -0.15) is 0 Å². The van der Waals surface area contributed by atoms with Crippen LogP contribution in [0.2, 0.25) is 0 Å². The van der Waals surface area contributed by atoms with Gasteiger partial charge < -0.3 is 10.2 Å². The number of likely N-dealkylation sites (tertiary alicyclic amines) is 1. The summed E-state index contributed by atoms with van der Waals surface area (Å²) in [7, 11) is 0. The molecule has 1 saturated heterocycles. The molecule has 1 fully saturated rings. The molecule has 1 aromatic rings. The number of fused-ring (bicyclic) bond motifs is 1. The number of hydrogen-bond donors (Lipinski definition) is 1. The highest BCUT2D eigenvalue weighted by atomic mass is 16.2. The summed E-state index contributed by atoms with van der Waals surface area (Å²) in [5, 5.41) is 3.25. The molecule has 0 bridgehead atoms. The van der Waals surface area contributed by atoms with Crippen molar-refractivity contribution >= 4 is 11.8 Å². The van der Waals surface area contributed by atoms with Gasteiger partial charge in [0.2, 0.25) is 11.8 Å². The molecule has 1 aliphatic heterocycles. The van der Waals surface area contributed by atoms with E-state index in [9.17, 15) is 9.59 Å². The van der Waals surface area contributed by atoms with Crippen molar-refractivity contribution in [3.8, 4) is 0 Å². The van der Waals surface area contributed by atoms with Crippen LogP contribution in [-0.2, 0) is 16.0 Å². The molecule has 1 aliphatic carbocycles. The Bertz CT molecular complexity index is 618. The van der Waals surface area contributed by atoms with Crippen LogP contribution in [0, 0.1) is 5.92 Å². The van der Waals surface area contributed by atoms with Gasteiger partial charge in [0.05, 0.1) is 5.92 Å². The van der Waals surface area contributed by atoms with Crippen LogP contribution in [0.4, 0.5) is 0 Å². The largest absolute Gasteiger partial charge is 0.353 e. The summed E-state index contributed by atoms with van der Waals surface area (Å²) >= 11 is 0. The Hall–Kier alpha value is -1.84. The Labute approximate surface area is 151 Å². The second-order valence-corrected chi connectivity index (χ2v) is 7.91. The molecule has 0 saturated carbocycles. The van der Waals surface area contributed by atoms with E-state index in [2.05, 4.69) is 37.4 Å². The number of nitrogens with one attached hydrogen (secondary N) is 1. The highest BCUT2D eigenvalue weighted by Gasteiger charge is 2.29. The molecular weight excluding hydrogens is 312 g/mol. The summed E-state index contributed by atoms with van der Waals surface area (Å²) in [4.78, 5) is 26.9. The van der Waals surface area contributed by atoms with E-state index in [4.69, 9.17) is 0 Å². The van der Waals surface area contributed by atoms with Gasteiger partial charge in [0.15, 0.2) is 0 Å². The maximum atomic E-state index is 12.8. The maximum absolute atomic E-state index is 12.8. The third kappa shape index (κ3) is 4.42. The zero-order valence-electron chi connectivity index (χ0n) is 15.5. The molecule has 2 aliphatic rings. The summed E-state index contributed by atoms with van der Waals surface area (Å²) in [6.07, 6.45) is 5.45. The van der Waals surface area contributed by atoms with Crippen molar-refractivity contribution < 1.29 is 9.59 Å². The molecule has 4 heteroatoms. The number of carbonyl (C=O) groups excluding carboxylic acids is 2. The van der Waals surface area contributed by atoms with Gasteiger partial charge in [-0.25, -0.2) is 0 Å². The zero-order chi connectivity index (χ0) is 17.8. The molecule has 25 heavy (non-hydrogen) atoms. The predicted octanol–water partition coefficient (Wildman–Crippen LogP) is 3.26. The van der Waals surface area contributed by atoms with Crippen molar-refractivity contribution in [3.63, 3.8) is 0 Å². The van der Waals surface area contributed by atoms with Gasteiger partial charge in [-0.15, -0.1) is 0 Å². The molecule has 1 heterocycles. The van der Waals surface area contributed by atoms with Crippen LogP contribution in [-0.4, -0.2) is 35.8 Å². The van der Waals surface area contributed by atoms with E-state index in [1.165, 1.54) is 11.1 Å². The molecule has 2 amide bonds. The van der Waals surface area contributed by atoms with Crippen LogP contribution in [0.1, 0.15) is 63.0 Å². The third-order valence-corrected chi connectivity index (χ3v) is 5.46. The van der Waals surface area contributed by atoms with Crippen molar-refractivity contribution in [2.45, 2.75) is 64.3 Å². The first kappa shape index (κ1) is 18.0. The topological polar surface area (TPSA) is 49.4 Å². The SMILES string of the molecule is CC(C)CC(=O)N1CCC(NC(=O)[C@@H]2CCCc3ccccc32)CC1. The van der Waals surface area contributed by atoms with Crippen molar-refractivity contribution in [2.24, 2.45) is 5.92 Å². The van der Waals surface area contributed by atoms with Crippen molar-refractivity contribution in [1.29, 1.82) is 0 Å². The van der Waals surface area contributed by atoms with E-state index in [1.54, 1.807) is 0 Å². The molecule has 0 aromatic heterocycles. The van der Waals surface area contributed by atoms with Crippen molar-refractivity contribution in [2.75, 3.05) is 13.1 Å². The fourth-order valence-electron chi connectivity index (χ4n) is 4.08. The lowest BCUT2D eigenvalue weighted by atomic mass is 9.82. The van der Waals surface area contributed by atoms with Crippen LogP contribution in [0.5, 0.6) is 0 Å². The summed E-state index contributed by atoms with van der Waals surface area (Å²) < 4.78 is 0. The second kappa shape index (κ2) is 8.03. The maximum Gasteiger partial charge on any atom is 0.227 e. The molecule has 4 nitrogen and oxygen atoms in total. The Morgan fingerprint density at radius 3 is 2.60 bits per heavy atom. The quantitative estimate of drug-likeness (QED) is 0.913. The summed E-state index contributed by atoms with van der Waals surface area (Å²) in [5.74, 6) is 0.807. The molecule has 1 atom stereocenters. The van der Waals surface area contributed by atoms with E-state index >= 15 is 0 Å². The molecular formula is C21H30N2O2. The minimum atomic E-state index is -0.00875. The summed E-state index contributed by atoms with van der Waals surface area (Å²) in [6, 6.07) is 8.54. The number of piperidine rings is 1. The van der Waals surface area contributed by atoms with E-state index in [0.29, 0.717) is 12.3 Å². The van der Waals surface area contributed by atoms with Crippen LogP contribution in [0.15, 0.2) is 24.3 Å². The number of benzene rings is 1. The summed E-state index contributed by atoms with van der Waals surface area (Å²) in [5.41, 5.74) is 2.53. The van der Waals surface area contributed by atoms with Crippen molar-refractivity contribution in [3.05, 3.63) is 35.4 Å². The third-order valence-electron chi connectivity index (χ3n) is 5.46. The average Bonchev–Trinajstić information content (AvgIpc) is 2.61. The molecule has 0 unspecified atom stereocenters. The van der Waals surface area contributed by atoms with Gasteiger partial charge >= 0.3 is 0 Å². The van der Waals surface area contributed by atoms with E-state index in [0.717, 1.165) is 45.2 Å². The normalized spacial score (nSPS) is 21.1. The lowest BCUT2D eigenvalue weighted by Gasteiger charge is -2.34. The predicted molar refractivity (Wildman–Crippen MR) is 99.3 cm³/mol. The highest BCUT2D eigenvalue weighted by Crippen LogP contribution is 2.31. The minimum absolute atomic E-state index is 0.00875. The van der Waals surface area contributed by atoms with Crippen LogP contribution in [0.3, 0.4) is 0 Å². The Balaban J connectivity index is 1.53. The molecule has 1 N–H and O–H groups in total. The summed E-state index contributed by atoms with van der Waals surface area (Å²) in [6.45, 7) is 5.68. The molecule has 1 aromatic carbocycles. The van der Waals surface area contributed by atoms with Gasteiger partial charge in [0, 0.05) is 25.6 Å². The number of hydrogen-bond acceptors (Lipinski definition) is 2. The van der Waals surface area contributed by atoms with E-state index in [-0.39, 0.29) is 23.8 Å². The lowest BCUT2D eigenvalue weighted by Crippen LogP contribution is -2.48. The Morgan fingerprint density at radius 1 is 1.16 bits per heavy atom. The van der Waals surface area contributed by atoms with Gasteiger partial charge in [0.1, 0.15) is 0 Å². The van der Waals surface area contributed by atoms with Gasteiger partial charge in [-0.3, -0.25) is 9.59 Å². The van der Waals surface area contributed by atoms with Crippen molar-refractivity contribution in [1.82, 2.24) is 10.2 Å². The zero-order valence-corrected chi connectivity index (χ0v) is 15.5. The van der Waals surface area contributed by atoms with E-state index in [1.807, 2.05) is 11.0 Å². The smallest absolute Gasteiger partial charge is 0.227 e. The first-order valence-corrected chi connectivity index (χ1v) is 9.70. The van der Waals surface area contributed by atoms with Crippen LogP contribution >= 0.6 is 0 Å². The van der Waals surface area contributed by atoms with Gasteiger partial charge in [0.25, 0.3) is 0 Å². The minimum Gasteiger partial charge on any atom is -0.353 e. The number of aryl methyl sites for hydroxylation is 1. The fraction of sp³-hybridized carbons (Fsp3) is 0.619. The number of amides is 2. The highest BCUT2D eigenvalue weighted by molar-refractivity contribution is 5.84. The standard InChI is InChI=1S/C21H30N2O2/c1-15(2)14-20(24)23-12-10-17(11-13-23)22-21(25)19-9-5-7-16-6-3-4-8-18(16)19/h3-4,6,8,15,17,19H,5,7,9-14H2,1-2H3,(H,22,25)/t19-/m1/s1. The van der Waals surface area contributed by atoms with Crippen LogP contribution in [0.25, 0.3) is 0 Å². The Morgan fingerprint density at radius 2 is 1.88 bits per heavy atom. The monoisotopic (exact) mass is 342 g/mol. The van der Waals surface area contributed by atoms with Gasteiger partial charge in [-0.1, -0.05) is 38.1 Å². The van der Waals surface area contributed by atoms with E-state index < -0.39 is 0 Å². The molecule has 3 rings (SSSR count). The number of carbonyl (C=O) groups is 2. The number of rotatable bonds is 4. The van der Waals surface area contributed by atoms with Gasteiger partial charge in [-0.05, 0) is 49.1 Å². The molecule has 136 valence electrons. The first-order chi connectivity index (χ1) is 12.0.